The van der Waals surface area contributed by atoms with Crippen LogP contribution in [-0.4, -0.2) is 15.5 Å². The summed E-state index contributed by atoms with van der Waals surface area (Å²) in [7, 11) is 0. The third-order valence-corrected chi connectivity index (χ3v) is 2.23. The number of hydrogen-bond acceptors (Lipinski definition) is 6. The molecule has 6 nitrogen and oxygen atoms in total. The third-order valence-electron chi connectivity index (χ3n) is 2.23. The van der Waals surface area contributed by atoms with E-state index in [0.717, 1.165) is 12.8 Å². The lowest BCUT2D eigenvalue weighted by atomic mass is 9.99. The summed E-state index contributed by atoms with van der Waals surface area (Å²) in [6, 6.07) is 1.73. The second-order valence-corrected chi connectivity index (χ2v) is 4.40. The molecule has 0 spiro atoms. The Kier molecular flexibility index (Phi) is 3.89. The van der Waals surface area contributed by atoms with Crippen molar-refractivity contribution < 1.29 is 0 Å². The molecule has 0 bridgehead atoms. The van der Waals surface area contributed by atoms with E-state index in [0.29, 0.717) is 11.6 Å². The SMILES string of the molecule is CCCC(C)(C)Nc1cc(NN)nc(N)n1. The number of nitrogens with one attached hydrogen (secondary N) is 2. The molecule has 0 aliphatic heterocycles. The molecule has 16 heavy (non-hydrogen) atoms. The number of nitrogens with zero attached hydrogens (tertiary/aromatic N) is 2. The molecule has 1 rings (SSSR count). The van der Waals surface area contributed by atoms with Crippen LogP contribution in [0.2, 0.25) is 0 Å². The normalized spacial score (nSPS) is 11.2. The fraction of sp³-hybridized carbons (Fsp3) is 0.600. The molecule has 6 heteroatoms. The van der Waals surface area contributed by atoms with Gasteiger partial charge < -0.3 is 16.5 Å². The lowest BCUT2D eigenvalue weighted by Crippen LogP contribution is -2.31. The highest BCUT2D eigenvalue weighted by Gasteiger charge is 2.17. The molecule has 1 aromatic heterocycles. The van der Waals surface area contributed by atoms with E-state index in [2.05, 4.69) is 41.5 Å². The minimum atomic E-state index is -0.0264. The van der Waals surface area contributed by atoms with E-state index >= 15 is 0 Å². The van der Waals surface area contributed by atoms with Crippen molar-refractivity contribution in [1.82, 2.24) is 9.97 Å². The fourth-order valence-corrected chi connectivity index (χ4v) is 1.64. The molecular formula is C10H20N6. The summed E-state index contributed by atoms with van der Waals surface area (Å²) in [5.41, 5.74) is 8.00. The van der Waals surface area contributed by atoms with Crippen LogP contribution in [0, 0.1) is 0 Å². The first-order valence-electron chi connectivity index (χ1n) is 5.36. The fourth-order valence-electron chi connectivity index (χ4n) is 1.64. The summed E-state index contributed by atoms with van der Waals surface area (Å²) in [5, 5.41) is 3.31. The van der Waals surface area contributed by atoms with E-state index in [1.165, 1.54) is 0 Å². The third kappa shape index (κ3) is 3.54. The molecule has 0 unspecified atom stereocenters. The number of nitrogen functional groups attached to an aromatic ring is 2. The van der Waals surface area contributed by atoms with Crippen LogP contribution in [0.25, 0.3) is 0 Å². The summed E-state index contributed by atoms with van der Waals surface area (Å²) < 4.78 is 0. The van der Waals surface area contributed by atoms with Crippen molar-refractivity contribution in [2.45, 2.75) is 39.2 Å². The highest BCUT2D eigenvalue weighted by Crippen LogP contribution is 2.20. The molecule has 0 amide bonds. The molecule has 0 aliphatic rings. The zero-order valence-electron chi connectivity index (χ0n) is 10.0. The van der Waals surface area contributed by atoms with E-state index in [-0.39, 0.29) is 11.5 Å². The Hall–Kier alpha value is -1.56. The Balaban J connectivity index is 2.84. The lowest BCUT2D eigenvalue weighted by molar-refractivity contribution is 0.509. The van der Waals surface area contributed by atoms with Gasteiger partial charge in [-0.2, -0.15) is 9.97 Å². The van der Waals surface area contributed by atoms with Crippen molar-refractivity contribution in [3.63, 3.8) is 0 Å². The molecule has 0 fully saturated rings. The minimum Gasteiger partial charge on any atom is -0.368 e. The van der Waals surface area contributed by atoms with Gasteiger partial charge in [-0.3, -0.25) is 0 Å². The van der Waals surface area contributed by atoms with Gasteiger partial charge in [0.05, 0.1) is 0 Å². The molecule has 0 saturated carbocycles. The van der Waals surface area contributed by atoms with Crippen LogP contribution in [0.15, 0.2) is 6.07 Å². The average molecular weight is 224 g/mol. The predicted octanol–water partition coefficient (Wildman–Crippen LogP) is 1.33. The summed E-state index contributed by atoms with van der Waals surface area (Å²) in [4.78, 5) is 8.03. The molecule has 0 aromatic carbocycles. The lowest BCUT2D eigenvalue weighted by Gasteiger charge is -2.26. The van der Waals surface area contributed by atoms with Gasteiger partial charge in [0.2, 0.25) is 5.95 Å². The highest BCUT2D eigenvalue weighted by atomic mass is 15.3. The minimum absolute atomic E-state index is 0.0264. The van der Waals surface area contributed by atoms with Gasteiger partial charge in [-0.25, -0.2) is 5.84 Å². The molecule has 1 heterocycles. The van der Waals surface area contributed by atoms with Crippen LogP contribution in [0.4, 0.5) is 17.6 Å². The molecule has 6 N–H and O–H groups in total. The van der Waals surface area contributed by atoms with Gasteiger partial charge in [0.15, 0.2) is 0 Å². The van der Waals surface area contributed by atoms with Gasteiger partial charge in [0.25, 0.3) is 0 Å². The number of nitrogens with two attached hydrogens (primary N) is 2. The number of rotatable bonds is 5. The van der Waals surface area contributed by atoms with Gasteiger partial charge in [-0.1, -0.05) is 13.3 Å². The van der Waals surface area contributed by atoms with Gasteiger partial charge in [-0.05, 0) is 20.3 Å². The molecule has 0 radical (unpaired) electrons. The smallest absolute Gasteiger partial charge is 0.223 e. The maximum atomic E-state index is 5.57. The van der Waals surface area contributed by atoms with E-state index in [1.54, 1.807) is 6.07 Å². The molecule has 90 valence electrons. The molecular weight excluding hydrogens is 204 g/mol. The molecule has 0 atom stereocenters. The Morgan fingerprint density at radius 1 is 1.31 bits per heavy atom. The van der Waals surface area contributed by atoms with Crippen LogP contribution in [0.3, 0.4) is 0 Å². The summed E-state index contributed by atoms with van der Waals surface area (Å²) in [6.45, 7) is 6.37. The summed E-state index contributed by atoms with van der Waals surface area (Å²) in [5.74, 6) is 6.67. The first-order valence-corrected chi connectivity index (χ1v) is 5.36. The Labute approximate surface area is 95.8 Å². The van der Waals surface area contributed by atoms with Crippen LogP contribution in [-0.2, 0) is 0 Å². The Morgan fingerprint density at radius 3 is 2.50 bits per heavy atom. The van der Waals surface area contributed by atoms with Crippen LogP contribution in [0.5, 0.6) is 0 Å². The topological polar surface area (TPSA) is 102 Å². The first-order chi connectivity index (χ1) is 7.46. The van der Waals surface area contributed by atoms with E-state index in [4.69, 9.17) is 11.6 Å². The van der Waals surface area contributed by atoms with Gasteiger partial charge in [-0.15, -0.1) is 0 Å². The number of hydrogen-bond donors (Lipinski definition) is 4. The largest absolute Gasteiger partial charge is 0.368 e. The Bertz CT molecular complexity index is 349. The Morgan fingerprint density at radius 2 is 1.94 bits per heavy atom. The molecule has 0 aliphatic carbocycles. The number of anilines is 3. The quantitative estimate of drug-likeness (QED) is 0.444. The van der Waals surface area contributed by atoms with Gasteiger partial charge >= 0.3 is 0 Å². The average Bonchev–Trinajstić information content (AvgIpc) is 2.15. The van der Waals surface area contributed by atoms with Crippen molar-refractivity contribution in [3.05, 3.63) is 6.07 Å². The van der Waals surface area contributed by atoms with Crippen molar-refractivity contribution in [1.29, 1.82) is 0 Å². The first kappa shape index (κ1) is 12.5. The second kappa shape index (κ2) is 4.98. The van der Waals surface area contributed by atoms with E-state index in [9.17, 15) is 0 Å². The second-order valence-electron chi connectivity index (χ2n) is 4.40. The van der Waals surface area contributed by atoms with Crippen molar-refractivity contribution in [2.24, 2.45) is 5.84 Å². The van der Waals surface area contributed by atoms with Crippen LogP contribution in [0.1, 0.15) is 33.6 Å². The summed E-state index contributed by atoms with van der Waals surface area (Å²) >= 11 is 0. The van der Waals surface area contributed by atoms with Gasteiger partial charge in [0.1, 0.15) is 11.6 Å². The number of hydrazine groups is 1. The van der Waals surface area contributed by atoms with E-state index in [1.807, 2.05) is 0 Å². The van der Waals surface area contributed by atoms with E-state index < -0.39 is 0 Å². The van der Waals surface area contributed by atoms with Crippen molar-refractivity contribution >= 4 is 17.6 Å². The molecule has 1 aromatic rings. The van der Waals surface area contributed by atoms with Crippen molar-refractivity contribution in [3.8, 4) is 0 Å². The maximum Gasteiger partial charge on any atom is 0.223 e. The van der Waals surface area contributed by atoms with Crippen molar-refractivity contribution in [2.75, 3.05) is 16.5 Å². The standard InChI is InChI=1S/C10H20N6/c1-4-5-10(2,3)15-7-6-8(16-12)14-9(11)13-7/h6H,4-5,12H2,1-3H3,(H4,11,13,14,15,16). The summed E-state index contributed by atoms with van der Waals surface area (Å²) in [6.07, 6.45) is 2.14. The zero-order chi connectivity index (χ0) is 12.2. The van der Waals surface area contributed by atoms with Crippen LogP contribution >= 0.6 is 0 Å². The van der Waals surface area contributed by atoms with Crippen LogP contribution < -0.4 is 22.3 Å². The monoisotopic (exact) mass is 224 g/mol. The number of aromatic nitrogens is 2. The molecule has 0 saturated heterocycles. The maximum absolute atomic E-state index is 5.57. The zero-order valence-corrected chi connectivity index (χ0v) is 10.0. The van der Waals surface area contributed by atoms with Gasteiger partial charge in [0, 0.05) is 11.6 Å². The highest BCUT2D eigenvalue weighted by molar-refractivity contribution is 5.51. The predicted molar refractivity (Wildman–Crippen MR) is 66.9 cm³/mol.